The second-order valence-electron chi connectivity index (χ2n) is 9.75. The van der Waals surface area contributed by atoms with Crippen LogP contribution in [0.1, 0.15) is 42.4 Å². The fraction of sp³-hybridized carbons (Fsp3) is 0.500. The molecular formula is C28H36N2O3. The van der Waals surface area contributed by atoms with E-state index in [1.165, 1.54) is 22.3 Å². The van der Waals surface area contributed by atoms with Crippen molar-refractivity contribution < 1.29 is 14.3 Å². The number of benzene rings is 2. The summed E-state index contributed by atoms with van der Waals surface area (Å²) >= 11 is 0. The van der Waals surface area contributed by atoms with E-state index in [2.05, 4.69) is 56.3 Å². The molecule has 5 heteroatoms. The van der Waals surface area contributed by atoms with Crippen molar-refractivity contribution in [1.29, 1.82) is 0 Å². The normalized spacial score (nSPS) is 21.4. The summed E-state index contributed by atoms with van der Waals surface area (Å²) in [7, 11) is 1.85. The Hall–Kier alpha value is -2.66. The van der Waals surface area contributed by atoms with Gasteiger partial charge in [0.2, 0.25) is 11.8 Å². The molecule has 2 atom stereocenters. The van der Waals surface area contributed by atoms with Crippen LogP contribution < -0.4 is 0 Å². The van der Waals surface area contributed by atoms with Gasteiger partial charge in [-0.2, -0.15) is 0 Å². The van der Waals surface area contributed by atoms with Gasteiger partial charge in [0.1, 0.15) is 0 Å². The summed E-state index contributed by atoms with van der Waals surface area (Å²) in [5.41, 5.74) is 6.03. The molecule has 2 fully saturated rings. The van der Waals surface area contributed by atoms with E-state index in [4.69, 9.17) is 4.74 Å². The van der Waals surface area contributed by atoms with Gasteiger partial charge in [-0.05, 0) is 56.2 Å². The average molecular weight is 449 g/mol. The molecule has 2 aromatic carbocycles. The number of aryl methyl sites for hydroxylation is 2. The first-order valence-corrected chi connectivity index (χ1v) is 12.2. The summed E-state index contributed by atoms with van der Waals surface area (Å²) in [6.07, 6.45) is 4.29. The number of hydrogen-bond donors (Lipinski definition) is 0. The molecule has 176 valence electrons. The second kappa shape index (κ2) is 10.5. The van der Waals surface area contributed by atoms with Crippen molar-refractivity contribution in [2.24, 2.45) is 5.92 Å². The Morgan fingerprint density at radius 1 is 1.03 bits per heavy atom. The highest BCUT2D eigenvalue weighted by atomic mass is 16.5. The Balaban J connectivity index is 1.42. The van der Waals surface area contributed by atoms with Gasteiger partial charge < -0.3 is 14.5 Å². The van der Waals surface area contributed by atoms with E-state index in [1.807, 2.05) is 11.9 Å². The first kappa shape index (κ1) is 23.5. The molecule has 0 radical (unpaired) electrons. The summed E-state index contributed by atoms with van der Waals surface area (Å²) in [4.78, 5) is 29.6. The lowest BCUT2D eigenvalue weighted by Crippen LogP contribution is -2.37. The molecule has 4 rings (SSSR count). The lowest BCUT2D eigenvalue weighted by atomic mass is 9.95. The number of ether oxygens (including phenoxy) is 1. The maximum Gasteiger partial charge on any atom is 0.227 e. The van der Waals surface area contributed by atoms with Gasteiger partial charge in [0.25, 0.3) is 0 Å². The predicted octanol–water partition coefficient (Wildman–Crippen LogP) is 4.39. The van der Waals surface area contributed by atoms with E-state index in [-0.39, 0.29) is 23.8 Å². The van der Waals surface area contributed by atoms with Crippen molar-refractivity contribution in [2.75, 3.05) is 33.3 Å². The minimum absolute atomic E-state index is 0.128. The molecule has 0 aromatic heterocycles. The maximum atomic E-state index is 13.0. The van der Waals surface area contributed by atoms with Gasteiger partial charge in [-0.25, -0.2) is 0 Å². The number of nitrogens with zero attached hydrogens (tertiary/aromatic N) is 2. The van der Waals surface area contributed by atoms with Gasteiger partial charge in [-0.1, -0.05) is 53.6 Å². The minimum Gasteiger partial charge on any atom is -0.378 e. The summed E-state index contributed by atoms with van der Waals surface area (Å²) < 4.78 is 5.67. The predicted molar refractivity (Wildman–Crippen MR) is 131 cm³/mol. The van der Waals surface area contributed by atoms with Crippen molar-refractivity contribution >= 4 is 11.8 Å². The molecular weight excluding hydrogens is 412 g/mol. The van der Waals surface area contributed by atoms with E-state index in [1.54, 1.807) is 4.90 Å². The molecule has 0 spiro atoms. The van der Waals surface area contributed by atoms with Gasteiger partial charge in [-0.15, -0.1) is 0 Å². The third kappa shape index (κ3) is 6.02. The molecule has 5 nitrogen and oxygen atoms in total. The Morgan fingerprint density at radius 2 is 1.76 bits per heavy atom. The zero-order valence-corrected chi connectivity index (χ0v) is 20.2. The lowest BCUT2D eigenvalue weighted by molar-refractivity contribution is -0.134. The third-order valence-corrected chi connectivity index (χ3v) is 6.92. The van der Waals surface area contributed by atoms with Crippen molar-refractivity contribution in [1.82, 2.24) is 9.80 Å². The van der Waals surface area contributed by atoms with Crippen LogP contribution in [0.15, 0.2) is 42.5 Å². The van der Waals surface area contributed by atoms with Crippen LogP contribution in [0.3, 0.4) is 0 Å². The molecule has 0 aliphatic carbocycles. The molecule has 2 aliphatic heterocycles. The molecule has 2 unspecified atom stereocenters. The molecule has 2 saturated heterocycles. The van der Waals surface area contributed by atoms with Crippen LogP contribution in [-0.4, -0.2) is 61.0 Å². The SMILES string of the molecule is Cc1cc(C)cc(-c2ccc(CC3CN(C(=O)CCC4CCCO4)CCN(C)C3=O)cc2)c1. The fourth-order valence-electron chi connectivity index (χ4n) is 5.08. The molecule has 0 saturated carbocycles. The first-order chi connectivity index (χ1) is 15.9. The maximum absolute atomic E-state index is 13.0. The fourth-order valence-corrected chi connectivity index (χ4v) is 5.08. The number of amides is 2. The Labute approximate surface area is 197 Å². The third-order valence-electron chi connectivity index (χ3n) is 6.92. The zero-order chi connectivity index (χ0) is 23.4. The van der Waals surface area contributed by atoms with Crippen LogP contribution in [0.4, 0.5) is 0 Å². The highest BCUT2D eigenvalue weighted by molar-refractivity contribution is 5.82. The van der Waals surface area contributed by atoms with Gasteiger partial charge in [0.15, 0.2) is 0 Å². The van der Waals surface area contributed by atoms with E-state index < -0.39 is 0 Å². The minimum atomic E-state index is -0.212. The molecule has 2 amide bonds. The summed E-state index contributed by atoms with van der Waals surface area (Å²) in [5, 5.41) is 0. The van der Waals surface area contributed by atoms with Crippen LogP contribution in [0, 0.1) is 19.8 Å². The second-order valence-corrected chi connectivity index (χ2v) is 9.75. The quantitative estimate of drug-likeness (QED) is 0.659. The smallest absolute Gasteiger partial charge is 0.227 e. The van der Waals surface area contributed by atoms with Gasteiger partial charge >= 0.3 is 0 Å². The van der Waals surface area contributed by atoms with Gasteiger partial charge in [0, 0.05) is 39.7 Å². The highest BCUT2D eigenvalue weighted by Crippen LogP contribution is 2.25. The largest absolute Gasteiger partial charge is 0.378 e. The average Bonchev–Trinajstić information content (AvgIpc) is 3.27. The molecule has 2 aliphatic rings. The number of rotatable bonds is 6. The van der Waals surface area contributed by atoms with Gasteiger partial charge in [0.05, 0.1) is 12.0 Å². The van der Waals surface area contributed by atoms with Crippen LogP contribution in [0.5, 0.6) is 0 Å². The van der Waals surface area contributed by atoms with Crippen molar-refractivity contribution in [2.45, 2.75) is 52.1 Å². The number of carbonyl (C=O) groups excluding carboxylic acids is 2. The zero-order valence-electron chi connectivity index (χ0n) is 20.2. The van der Waals surface area contributed by atoms with Crippen LogP contribution in [0.25, 0.3) is 11.1 Å². The Kier molecular flexibility index (Phi) is 7.49. The first-order valence-electron chi connectivity index (χ1n) is 12.2. The summed E-state index contributed by atoms with van der Waals surface area (Å²) in [6.45, 7) is 6.74. The monoisotopic (exact) mass is 448 g/mol. The standard InChI is InChI=1S/C28H36N2O3/c1-20-15-21(2)17-24(16-20)23-8-6-22(7-9-23)18-25-19-30(13-12-29(3)28(25)32)27(31)11-10-26-5-4-14-33-26/h6-9,15-17,25-26H,4-5,10-14,18-19H2,1-3H3. The summed E-state index contributed by atoms with van der Waals surface area (Å²) in [6, 6.07) is 15.1. The Bertz CT molecular complexity index is 959. The lowest BCUT2D eigenvalue weighted by Gasteiger charge is -2.24. The number of likely N-dealkylation sites (N-methyl/N-ethyl adjacent to an activating group) is 1. The van der Waals surface area contributed by atoms with Crippen molar-refractivity contribution in [3.05, 3.63) is 59.2 Å². The van der Waals surface area contributed by atoms with E-state index >= 15 is 0 Å². The number of hydrogen-bond acceptors (Lipinski definition) is 3. The Morgan fingerprint density at radius 3 is 2.42 bits per heavy atom. The van der Waals surface area contributed by atoms with E-state index in [0.717, 1.165) is 31.4 Å². The molecule has 2 heterocycles. The van der Waals surface area contributed by atoms with Crippen molar-refractivity contribution in [3.63, 3.8) is 0 Å². The topological polar surface area (TPSA) is 49.9 Å². The van der Waals surface area contributed by atoms with E-state index in [9.17, 15) is 9.59 Å². The van der Waals surface area contributed by atoms with Crippen molar-refractivity contribution in [3.8, 4) is 11.1 Å². The number of carbonyl (C=O) groups is 2. The molecule has 0 bridgehead atoms. The molecule has 2 aromatic rings. The summed E-state index contributed by atoms with van der Waals surface area (Å²) in [5.74, 6) is 0.0582. The van der Waals surface area contributed by atoms with E-state index in [0.29, 0.717) is 32.5 Å². The van der Waals surface area contributed by atoms with Crippen LogP contribution in [-0.2, 0) is 20.7 Å². The molecule has 33 heavy (non-hydrogen) atoms. The van der Waals surface area contributed by atoms with Gasteiger partial charge in [-0.3, -0.25) is 9.59 Å². The highest BCUT2D eigenvalue weighted by Gasteiger charge is 2.31. The van der Waals surface area contributed by atoms with Crippen LogP contribution in [0.2, 0.25) is 0 Å². The molecule has 0 N–H and O–H groups in total. The van der Waals surface area contributed by atoms with Crippen LogP contribution >= 0.6 is 0 Å².